The number of rotatable bonds is 1. The smallest absolute Gasteiger partial charge is 0.265 e. The fourth-order valence-corrected chi connectivity index (χ4v) is 2.64. The molecule has 2 aromatic carbocycles. The van der Waals surface area contributed by atoms with Crippen molar-refractivity contribution in [3.63, 3.8) is 0 Å². The molecule has 0 saturated carbocycles. The Kier molecular flexibility index (Phi) is 3.47. The summed E-state index contributed by atoms with van der Waals surface area (Å²) in [5.41, 5.74) is 2.14. The Hall–Kier alpha value is -1.84. The zero-order chi connectivity index (χ0) is 15.1. The summed E-state index contributed by atoms with van der Waals surface area (Å²) < 4.78 is 1.56. The second kappa shape index (κ2) is 5.17. The van der Waals surface area contributed by atoms with Crippen LogP contribution < -0.4 is 5.56 Å². The van der Waals surface area contributed by atoms with Crippen molar-refractivity contribution in [2.75, 3.05) is 0 Å². The van der Waals surface area contributed by atoms with Crippen molar-refractivity contribution in [3.05, 3.63) is 68.2 Å². The van der Waals surface area contributed by atoms with Gasteiger partial charge in [0, 0.05) is 10.0 Å². The van der Waals surface area contributed by atoms with E-state index in [9.17, 15) is 4.79 Å². The maximum absolute atomic E-state index is 12.7. The average molecular weight is 319 g/mol. The molecule has 0 aliphatic carbocycles. The number of hydrogen-bond acceptors (Lipinski definition) is 2. The molecule has 0 atom stereocenters. The van der Waals surface area contributed by atoms with E-state index in [0.29, 0.717) is 32.5 Å². The zero-order valence-electron chi connectivity index (χ0n) is 11.5. The lowest BCUT2D eigenvalue weighted by Gasteiger charge is -2.12. The first kappa shape index (κ1) is 14.1. The lowest BCUT2D eigenvalue weighted by Crippen LogP contribution is -2.22. The van der Waals surface area contributed by atoms with Crippen LogP contribution in [0.15, 0.2) is 41.2 Å². The number of aryl methyl sites for hydroxylation is 2. The highest BCUT2D eigenvalue weighted by Crippen LogP contribution is 2.21. The molecular formula is C16H12Cl2N2O. The lowest BCUT2D eigenvalue weighted by molar-refractivity contribution is 0.894. The molecule has 0 radical (unpaired) electrons. The Labute approximate surface area is 131 Å². The molecule has 0 amide bonds. The molecule has 3 aromatic rings. The molecule has 0 aliphatic heterocycles. The Morgan fingerprint density at radius 2 is 1.81 bits per heavy atom. The molecular weight excluding hydrogens is 307 g/mol. The SMILES string of the molecule is Cc1ccc(-n2c(C)nc3cc(Cl)ccc3c2=O)cc1Cl. The minimum atomic E-state index is -0.130. The standard InChI is InChI=1S/C16H12Cl2N2O/c1-9-3-5-12(8-14(9)18)20-10(2)19-15-7-11(17)4-6-13(15)16(20)21/h3-8H,1-2H3. The van der Waals surface area contributed by atoms with Gasteiger partial charge in [0.1, 0.15) is 5.82 Å². The number of benzene rings is 2. The van der Waals surface area contributed by atoms with Gasteiger partial charge in [-0.2, -0.15) is 0 Å². The van der Waals surface area contributed by atoms with Crippen LogP contribution in [-0.4, -0.2) is 9.55 Å². The van der Waals surface area contributed by atoms with Crippen LogP contribution in [0.25, 0.3) is 16.6 Å². The van der Waals surface area contributed by atoms with Gasteiger partial charge in [0.25, 0.3) is 5.56 Å². The normalized spacial score (nSPS) is 11.0. The summed E-state index contributed by atoms with van der Waals surface area (Å²) in [6.07, 6.45) is 0. The quantitative estimate of drug-likeness (QED) is 0.670. The van der Waals surface area contributed by atoms with E-state index in [2.05, 4.69) is 4.98 Å². The van der Waals surface area contributed by atoms with Crippen LogP contribution >= 0.6 is 23.2 Å². The number of aromatic nitrogens is 2. The van der Waals surface area contributed by atoms with Crippen LogP contribution in [0.2, 0.25) is 10.0 Å². The summed E-state index contributed by atoms with van der Waals surface area (Å²) in [7, 11) is 0. The molecule has 0 fully saturated rings. The number of nitrogens with zero attached hydrogens (tertiary/aromatic N) is 2. The van der Waals surface area contributed by atoms with Crippen molar-refractivity contribution < 1.29 is 0 Å². The number of halogens is 2. The first-order valence-corrected chi connectivity index (χ1v) is 7.18. The highest BCUT2D eigenvalue weighted by atomic mass is 35.5. The molecule has 0 aliphatic rings. The molecule has 3 rings (SSSR count). The maximum Gasteiger partial charge on any atom is 0.265 e. The van der Waals surface area contributed by atoms with Crippen molar-refractivity contribution in [2.45, 2.75) is 13.8 Å². The van der Waals surface area contributed by atoms with Crippen molar-refractivity contribution in [2.24, 2.45) is 0 Å². The second-order valence-electron chi connectivity index (χ2n) is 4.89. The van der Waals surface area contributed by atoms with Gasteiger partial charge in [-0.25, -0.2) is 4.98 Å². The van der Waals surface area contributed by atoms with E-state index >= 15 is 0 Å². The zero-order valence-corrected chi connectivity index (χ0v) is 13.0. The van der Waals surface area contributed by atoms with E-state index < -0.39 is 0 Å². The van der Waals surface area contributed by atoms with Crippen LogP contribution in [0.4, 0.5) is 0 Å². The van der Waals surface area contributed by atoms with Crippen LogP contribution in [0.1, 0.15) is 11.4 Å². The van der Waals surface area contributed by atoms with Gasteiger partial charge in [-0.1, -0.05) is 29.3 Å². The first-order valence-electron chi connectivity index (χ1n) is 6.43. The Balaban J connectivity index is 2.35. The highest BCUT2D eigenvalue weighted by Gasteiger charge is 2.11. The molecule has 5 heteroatoms. The average Bonchev–Trinajstić information content (AvgIpc) is 2.42. The largest absolute Gasteiger partial charge is 0.268 e. The van der Waals surface area contributed by atoms with E-state index in [0.717, 1.165) is 5.56 Å². The summed E-state index contributed by atoms with van der Waals surface area (Å²) in [5.74, 6) is 0.592. The van der Waals surface area contributed by atoms with Gasteiger partial charge in [0.2, 0.25) is 0 Å². The van der Waals surface area contributed by atoms with Gasteiger partial charge >= 0.3 is 0 Å². The minimum Gasteiger partial charge on any atom is -0.268 e. The van der Waals surface area contributed by atoms with Crippen molar-refractivity contribution >= 4 is 34.1 Å². The summed E-state index contributed by atoms with van der Waals surface area (Å²) >= 11 is 12.1. The van der Waals surface area contributed by atoms with Crippen molar-refractivity contribution in [1.29, 1.82) is 0 Å². The van der Waals surface area contributed by atoms with E-state index in [1.54, 1.807) is 35.8 Å². The minimum absolute atomic E-state index is 0.130. The maximum atomic E-state index is 12.7. The molecule has 0 spiro atoms. The fourth-order valence-electron chi connectivity index (χ4n) is 2.29. The Morgan fingerprint density at radius 1 is 1.05 bits per heavy atom. The summed E-state index contributed by atoms with van der Waals surface area (Å²) in [5, 5.41) is 1.71. The monoisotopic (exact) mass is 318 g/mol. The third kappa shape index (κ3) is 2.43. The number of hydrogen-bond donors (Lipinski definition) is 0. The third-order valence-corrected chi connectivity index (χ3v) is 4.06. The third-order valence-electron chi connectivity index (χ3n) is 3.41. The molecule has 1 heterocycles. The molecule has 1 aromatic heterocycles. The molecule has 0 N–H and O–H groups in total. The van der Waals surface area contributed by atoms with E-state index in [4.69, 9.17) is 23.2 Å². The van der Waals surface area contributed by atoms with Gasteiger partial charge in [-0.05, 0) is 49.7 Å². The molecule has 0 bridgehead atoms. The van der Waals surface area contributed by atoms with Gasteiger partial charge in [0.05, 0.1) is 16.6 Å². The summed E-state index contributed by atoms with van der Waals surface area (Å²) in [6, 6.07) is 10.6. The second-order valence-corrected chi connectivity index (χ2v) is 5.74. The Bertz CT molecular complexity index is 916. The van der Waals surface area contributed by atoms with Gasteiger partial charge < -0.3 is 0 Å². The summed E-state index contributed by atoms with van der Waals surface area (Å²) in [4.78, 5) is 17.2. The fraction of sp³-hybridized carbons (Fsp3) is 0.125. The van der Waals surface area contributed by atoms with Crippen LogP contribution in [0.5, 0.6) is 0 Å². The van der Waals surface area contributed by atoms with Gasteiger partial charge in [-0.15, -0.1) is 0 Å². The van der Waals surface area contributed by atoms with Crippen LogP contribution in [0.3, 0.4) is 0 Å². The van der Waals surface area contributed by atoms with Crippen molar-refractivity contribution in [3.8, 4) is 5.69 Å². The molecule has 0 unspecified atom stereocenters. The molecule has 0 saturated heterocycles. The number of fused-ring (bicyclic) bond motifs is 1. The van der Waals surface area contributed by atoms with Crippen molar-refractivity contribution in [1.82, 2.24) is 9.55 Å². The van der Waals surface area contributed by atoms with Gasteiger partial charge in [-0.3, -0.25) is 9.36 Å². The van der Waals surface area contributed by atoms with E-state index in [-0.39, 0.29) is 5.56 Å². The highest BCUT2D eigenvalue weighted by molar-refractivity contribution is 6.31. The molecule has 21 heavy (non-hydrogen) atoms. The molecule has 106 valence electrons. The van der Waals surface area contributed by atoms with Crippen LogP contribution in [0, 0.1) is 13.8 Å². The summed E-state index contributed by atoms with van der Waals surface area (Å²) in [6.45, 7) is 3.71. The Morgan fingerprint density at radius 3 is 2.52 bits per heavy atom. The molecule has 3 nitrogen and oxygen atoms in total. The van der Waals surface area contributed by atoms with Gasteiger partial charge in [0.15, 0.2) is 0 Å². The predicted octanol–water partition coefficient (Wildman–Crippen LogP) is 4.31. The van der Waals surface area contributed by atoms with E-state index in [1.807, 2.05) is 19.1 Å². The van der Waals surface area contributed by atoms with E-state index in [1.165, 1.54) is 0 Å². The lowest BCUT2D eigenvalue weighted by atomic mass is 10.2. The van der Waals surface area contributed by atoms with Crippen LogP contribution in [-0.2, 0) is 0 Å². The predicted molar refractivity (Wildman–Crippen MR) is 86.8 cm³/mol. The first-order chi connectivity index (χ1) is 9.97. The topological polar surface area (TPSA) is 34.9 Å².